The zero-order valence-electron chi connectivity index (χ0n) is 12.8. The number of anilines is 2. The van der Waals surface area contributed by atoms with Crippen molar-refractivity contribution in [1.82, 2.24) is 0 Å². The highest BCUT2D eigenvalue weighted by molar-refractivity contribution is 5.98. The molecule has 1 aromatic carbocycles. The second-order valence-electron chi connectivity index (χ2n) is 6.07. The number of hydrogen-bond acceptors (Lipinski definition) is 3. The van der Waals surface area contributed by atoms with Gasteiger partial charge in [-0.25, -0.2) is 0 Å². The van der Waals surface area contributed by atoms with Crippen molar-refractivity contribution >= 4 is 17.3 Å². The lowest BCUT2D eigenvalue weighted by Gasteiger charge is -2.28. The molecule has 0 radical (unpaired) electrons. The third-order valence-corrected chi connectivity index (χ3v) is 4.11. The van der Waals surface area contributed by atoms with Crippen LogP contribution in [0, 0.1) is 11.8 Å². The van der Waals surface area contributed by atoms with Crippen molar-refractivity contribution in [3.8, 4) is 0 Å². The van der Waals surface area contributed by atoms with Crippen LogP contribution in [-0.4, -0.2) is 32.1 Å². The monoisotopic (exact) mass is 275 g/mol. The van der Waals surface area contributed by atoms with E-state index in [1.54, 1.807) is 0 Å². The number of carbonyl (C=O) groups is 1. The summed E-state index contributed by atoms with van der Waals surface area (Å²) in [7, 11) is 2.08. The number of benzene rings is 1. The second-order valence-corrected chi connectivity index (χ2v) is 6.07. The number of fused-ring (bicyclic) bond motifs is 1. The number of carbonyl (C=O) groups excluding carboxylic acids is 1. The van der Waals surface area contributed by atoms with Crippen LogP contribution in [0.15, 0.2) is 24.3 Å². The smallest absolute Gasteiger partial charge is 0.231 e. The molecule has 3 unspecified atom stereocenters. The Morgan fingerprint density at radius 1 is 1.25 bits per heavy atom. The average Bonchev–Trinajstić information content (AvgIpc) is 2.54. The number of hydrogen-bond donors (Lipinski definition) is 1. The number of para-hydroxylation sites is 2. The molecule has 2 rings (SSSR count). The highest BCUT2D eigenvalue weighted by Crippen LogP contribution is 2.33. The van der Waals surface area contributed by atoms with Crippen molar-refractivity contribution in [2.75, 3.05) is 29.9 Å². The molecule has 3 atom stereocenters. The summed E-state index contributed by atoms with van der Waals surface area (Å²) in [5, 5.41) is 0. The summed E-state index contributed by atoms with van der Waals surface area (Å²) < 4.78 is 0. The van der Waals surface area contributed by atoms with Gasteiger partial charge in [-0.1, -0.05) is 26.0 Å². The Morgan fingerprint density at radius 2 is 1.85 bits per heavy atom. The first-order valence-electron chi connectivity index (χ1n) is 7.29. The van der Waals surface area contributed by atoms with E-state index < -0.39 is 0 Å². The van der Waals surface area contributed by atoms with Gasteiger partial charge in [0.15, 0.2) is 0 Å². The molecular formula is C16H25N3O. The van der Waals surface area contributed by atoms with Gasteiger partial charge in [0, 0.05) is 26.2 Å². The number of amides is 1. The van der Waals surface area contributed by atoms with E-state index in [9.17, 15) is 4.79 Å². The molecule has 4 heteroatoms. The molecule has 2 N–H and O–H groups in total. The lowest BCUT2D eigenvalue weighted by molar-refractivity contribution is -0.122. The first kappa shape index (κ1) is 14.9. The van der Waals surface area contributed by atoms with Gasteiger partial charge in [0.05, 0.1) is 17.3 Å². The maximum Gasteiger partial charge on any atom is 0.231 e. The van der Waals surface area contributed by atoms with Crippen LogP contribution in [0.5, 0.6) is 0 Å². The molecule has 0 spiro atoms. The van der Waals surface area contributed by atoms with Crippen LogP contribution >= 0.6 is 0 Å². The van der Waals surface area contributed by atoms with Gasteiger partial charge in [-0.3, -0.25) is 4.79 Å². The van der Waals surface area contributed by atoms with E-state index in [4.69, 9.17) is 5.73 Å². The largest absolute Gasteiger partial charge is 0.373 e. The minimum absolute atomic E-state index is 0.120. The zero-order chi connectivity index (χ0) is 14.9. The molecule has 0 bridgehead atoms. The third kappa shape index (κ3) is 2.80. The standard InChI is InChI=1S/C16H25N3O/c1-11-9-18(4)14-7-5-6-8-15(14)19(10-11)16(20)12(2)13(3)17/h5-8,11-13H,9-10,17H2,1-4H3. The van der Waals surface area contributed by atoms with Crippen LogP contribution in [0.2, 0.25) is 0 Å². The van der Waals surface area contributed by atoms with Crippen molar-refractivity contribution in [2.24, 2.45) is 17.6 Å². The summed E-state index contributed by atoms with van der Waals surface area (Å²) >= 11 is 0. The maximum absolute atomic E-state index is 12.7. The minimum Gasteiger partial charge on any atom is -0.373 e. The molecule has 1 aliphatic heterocycles. The van der Waals surface area contributed by atoms with E-state index in [-0.39, 0.29) is 17.9 Å². The Balaban J connectivity index is 2.41. The normalized spacial score (nSPS) is 21.9. The molecule has 0 fully saturated rings. The van der Waals surface area contributed by atoms with Gasteiger partial charge in [0.25, 0.3) is 0 Å². The minimum atomic E-state index is -0.168. The molecular weight excluding hydrogens is 250 g/mol. The first-order valence-corrected chi connectivity index (χ1v) is 7.29. The van der Waals surface area contributed by atoms with Gasteiger partial charge in [-0.15, -0.1) is 0 Å². The van der Waals surface area contributed by atoms with Crippen molar-refractivity contribution in [2.45, 2.75) is 26.8 Å². The second kappa shape index (κ2) is 5.83. The topological polar surface area (TPSA) is 49.6 Å². The third-order valence-electron chi connectivity index (χ3n) is 4.11. The van der Waals surface area contributed by atoms with Crippen molar-refractivity contribution in [1.29, 1.82) is 0 Å². The first-order chi connectivity index (χ1) is 9.41. The summed E-state index contributed by atoms with van der Waals surface area (Å²) in [4.78, 5) is 16.9. The maximum atomic E-state index is 12.7. The molecule has 1 amide bonds. The Bertz CT molecular complexity index is 486. The van der Waals surface area contributed by atoms with Crippen LogP contribution in [-0.2, 0) is 4.79 Å². The molecule has 4 nitrogen and oxygen atoms in total. The fraction of sp³-hybridized carbons (Fsp3) is 0.562. The average molecular weight is 275 g/mol. The van der Waals surface area contributed by atoms with Crippen molar-refractivity contribution in [3.63, 3.8) is 0 Å². The Kier molecular flexibility index (Phi) is 4.33. The van der Waals surface area contributed by atoms with Crippen molar-refractivity contribution in [3.05, 3.63) is 24.3 Å². The number of nitrogens with zero attached hydrogens (tertiary/aromatic N) is 2. The molecule has 0 aromatic heterocycles. The summed E-state index contributed by atoms with van der Waals surface area (Å²) in [6, 6.07) is 7.97. The molecule has 110 valence electrons. The van der Waals surface area contributed by atoms with Crippen LogP contribution in [0.4, 0.5) is 11.4 Å². The quantitative estimate of drug-likeness (QED) is 0.899. The van der Waals surface area contributed by atoms with E-state index >= 15 is 0 Å². The number of nitrogens with two attached hydrogens (primary N) is 1. The van der Waals surface area contributed by atoms with E-state index in [0.29, 0.717) is 5.92 Å². The molecule has 0 aliphatic carbocycles. The Hall–Kier alpha value is -1.55. The lowest BCUT2D eigenvalue weighted by Crippen LogP contribution is -2.43. The van der Waals surface area contributed by atoms with E-state index in [1.807, 2.05) is 36.9 Å². The van der Waals surface area contributed by atoms with Gasteiger partial charge in [-0.05, 0) is 25.0 Å². The van der Waals surface area contributed by atoms with Crippen molar-refractivity contribution < 1.29 is 4.79 Å². The van der Waals surface area contributed by atoms with E-state index in [0.717, 1.165) is 24.5 Å². The van der Waals surface area contributed by atoms with Gasteiger partial charge in [-0.2, -0.15) is 0 Å². The van der Waals surface area contributed by atoms with E-state index in [1.165, 1.54) is 0 Å². The lowest BCUT2D eigenvalue weighted by atomic mass is 10.0. The van der Waals surface area contributed by atoms with Crippen LogP contribution in [0.25, 0.3) is 0 Å². The SMILES string of the molecule is CC1CN(C)c2ccccc2N(C(=O)C(C)C(C)N)C1. The fourth-order valence-corrected chi connectivity index (χ4v) is 2.73. The van der Waals surface area contributed by atoms with Crippen LogP contribution < -0.4 is 15.5 Å². The summed E-state index contributed by atoms with van der Waals surface area (Å²) in [5.74, 6) is 0.380. The summed E-state index contributed by atoms with van der Waals surface area (Å²) in [5.41, 5.74) is 8.02. The Morgan fingerprint density at radius 3 is 2.45 bits per heavy atom. The van der Waals surface area contributed by atoms with Gasteiger partial charge in [0.1, 0.15) is 0 Å². The fourth-order valence-electron chi connectivity index (χ4n) is 2.73. The highest BCUT2D eigenvalue weighted by Gasteiger charge is 2.30. The molecule has 1 aromatic rings. The predicted octanol–water partition coefficient (Wildman–Crippen LogP) is 2.09. The van der Waals surface area contributed by atoms with Gasteiger partial charge >= 0.3 is 0 Å². The van der Waals surface area contributed by atoms with E-state index in [2.05, 4.69) is 24.9 Å². The molecule has 1 heterocycles. The van der Waals surface area contributed by atoms with Crippen LogP contribution in [0.3, 0.4) is 0 Å². The Labute approximate surface area is 121 Å². The highest BCUT2D eigenvalue weighted by atomic mass is 16.2. The van der Waals surface area contributed by atoms with Crippen LogP contribution in [0.1, 0.15) is 20.8 Å². The van der Waals surface area contributed by atoms with Gasteiger partial charge < -0.3 is 15.5 Å². The molecule has 0 saturated heterocycles. The molecule has 0 saturated carbocycles. The van der Waals surface area contributed by atoms with Gasteiger partial charge in [0.2, 0.25) is 5.91 Å². The molecule has 20 heavy (non-hydrogen) atoms. The molecule has 1 aliphatic rings. The zero-order valence-corrected chi connectivity index (χ0v) is 12.8. The number of rotatable bonds is 2. The predicted molar refractivity (Wildman–Crippen MR) is 84.0 cm³/mol. The summed E-state index contributed by atoms with van der Waals surface area (Å²) in [6.07, 6.45) is 0. The summed E-state index contributed by atoms with van der Waals surface area (Å²) in [6.45, 7) is 7.68.